The van der Waals surface area contributed by atoms with Crippen molar-refractivity contribution in [3.63, 3.8) is 0 Å². The topological polar surface area (TPSA) is 52.6 Å². The second-order valence-corrected chi connectivity index (χ2v) is 5.19. The number of nitrogens with one attached hydrogen (secondary N) is 1. The highest BCUT2D eigenvalue weighted by Crippen LogP contribution is 2.33. The van der Waals surface area contributed by atoms with E-state index in [2.05, 4.69) is 10.2 Å². The molecule has 2 atom stereocenters. The summed E-state index contributed by atoms with van der Waals surface area (Å²) >= 11 is 0. The molecule has 0 amide bonds. The lowest BCUT2D eigenvalue weighted by atomic mass is 10.2. The summed E-state index contributed by atoms with van der Waals surface area (Å²) in [5, 5.41) is 10.7. The molecule has 2 bridgehead atoms. The first-order chi connectivity index (χ1) is 8.36. The average molecular weight is 266 g/mol. The van der Waals surface area contributed by atoms with Gasteiger partial charge in [-0.3, -0.25) is 4.90 Å². The van der Waals surface area contributed by atoms with E-state index in [9.17, 15) is 13.2 Å². The molecular weight excluding hydrogens is 249 g/mol. The molecule has 0 unspecified atom stereocenters. The van der Waals surface area contributed by atoms with Crippen molar-refractivity contribution in [3.05, 3.63) is 0 Å². The number of hydrogen-bond acceptors (Lipinski definition) is 3. The summed E-state index contributed by atoms with van der Waals surface area (Å²) in [7, 11) is 0. The maximum atomic E-state index is 10.6. The smallest absolute Gasteiger partial charge is 0.475 e. The van der Waals surface area contributed by atoms with Gasteiger partial charge in [-0.2, -0.15) is 13.2 Å². The maximum Gasteiger partial charge on any atom is 0.490 e. The summed E-state index contributed by atoms with van der Waals surface area (Å²) in [4.78, 5) is 11.6. The Hall–Kier alpha value is -0.820. The predicted molar refractivity (Wildman–Crippen MR) is 58.2 cm³/mol. The highest BCUT2D eigenvalue weighted by Gasteiger charge is 2.39. The lowest BCUT2D eigenvalue weighted by molar-refractivity contribution is -0.192. The highest BCUT2D eigenvalue weighted by molar-refractivity contribution is 5.73. The number of halogens is 3. The number of piperazine rings is 1. The van der Waals surface area contributed by atoms with E-state index in [1.54, 1.807) is 0 Å². The van der Waals surface area contributed by atoms with E-state index in [1.807, 2.05) is 0 Å². The van der Waals surface area contributed by atoms with Crippen molar-refractivity contribution in [3.8, 4) is 0 Å². The van der Waals surface area contributed by atoms with Gasteiger partial charge in [0.2, 0.25) is 0 Å². The third-order valence-corrected chi connectivity index (χ3v) is 3.60. The Morgan fingerprint density at radius 3 is 2.33 bits per heavy atom. The largest absolute Gasteiger partial charge is 0.490 e. The molecule has 0 aromatic carbocycles. The van der Waals surface area contributed by atoms with E-state index < -0.39 is 12.1 Å². The molecule has 2 heterocycles. The van der Waals surface area contributed by atoms with E-state index in [0.29, 0.717) is 0 Å². The van der Waals surface area contributed by atoms with Gasteiger partial charge >= 0.3 is 12.1 Å². The number of carboxylic acids is 1. The Balaban J connectivity index is 0.000000152. The first-order valence-electron chi connectivity index (χ1n) is 6.14. The Morgan fingerprint density at radius 2 is 2.00 bits per heavy atom. The van der Waals surface area contributed by atoms with Crippen LogP contribution < -0.4 is 5.32 Å². The van der Waals surface area contributed by atoms with E-state index in [4.69, 9.17) is 9.90 Å². The van der Waals surface area contributed by atoms with Crippen LogP contribution in [-0.2, 0) is 4.79 Å². The van der Waals surface area contributed by atoms with Gasteiger partial charge in [-0.15, -0.1) is 0 Å². The summed E-state index contributed by atoms with van der Waals surface area (Å²) < 4.78 is 31.7. The fourth-order valence-corrected chi connectivity index (χ4v) is 2.50. The minimum Gasteiger partial charge on any atom is -0.475 e. The van der Waals surface area contributed by atoms with Gasteiger partial charge in [-0.1, -0.05) is 0 Å². The molecule has 3 rings (SSSR count). The minimum absolute atomic E-state index is 0.846. The number of carboxylic acid groups (broad SMARTS) is 1. The first-order valence-corrected chi connectivity index (χ1v) is 6.14. The quantitative estimate of drug-likeness (QED) is 0.785. The van der Waals surface area contributed by atoms with Crippen LogP contribution in [0.25, 0.3) is 0 Å². The summed E-state index contributed by atoms with van der Waals surface area (Å²) in [6, 6.07) is 1.75. The molecule has 2 N–H and O–H groups in total. The molecule has 2 saturated heterocycles. The fraction of sp³-hybridized carbons (Fsp3) is 0.909. The molecule has 0 radical (unpaired) electrons. The van der Waals surface area contributed by atoms with Crippen molar-refractivity contribution in [1.29, 1.82) is 0 Å². The van der Waals surface area contributed by atoms with Crippen molar-refractivity contribution < 1.29 is 23.1 Å². The summed E-state index contributed by atoms with van der Waals surface area (Å²) in [6.45, 7) is 4.00. The van der Waals surface area contributed by atoms with Crippen molar-refractivity contribution in [2.45, 2.75) is 37.5 Å². The molecule has 3 aliphatic rings. The molecule has 7 heteroatoms. The van der Waals surface area contributed by atoms with Crippen LogP contribution in [0.5, 0.6) is 0 Å². The van der Waals surface area contributed by atoms with E-state index in [1.165, 1.54) is 38.9 Å². The zero-order valence-corrected chi connectivity index (χ0v) is 9.91. The summed E-state index contributed by atoms with van der Waals surface area (Å²) in [5.41, 5.74) is 0. The summed E-state index contributed by atoms with van der Waals surface area (Å²) in [5.74, 6) is -1.68. The van der Waals surface area contributed by atoms with Gasteiger partial charge in [0.15, 0.2) is 0 Å². The number of alkyl halides is 3. The monoisotopic (exact) mass is 266 g/mol. The van der Waals surface area contributed by atoms with Gasteiger partial charge in [0.25, 0.3) is 0 Å². The van der Waals surface area contributed by atoms with Crippen LogP contribution in [0.15, 0.2) is 0 Å². The Kier molecular flexibility index (Phi) is 3.82. The molecule has 2 aliphatic heterocycles. The van der Waals surface area contributed by atoms with Gasteiger partial charge < -0.3 is 10.4 Å². The second-order valence-electron chi connectivity index (χ2n) is 5.19. The molecule has 18 heavy (non-hydrogen) atoms. The van der Waals surface area contributed by atoms with E-state index in [0.717, 1.165) is 18.0 Å². The van der Waals surface area contributed by atoms with Gasteiger partial charge in [0.1, 0.15) is 0 Å². The third-order valence-electron chi connectivity index (χ3n) is 3.60. The Labute approximate surface area is 103 Å². The molecular formula is C11H17F3N2O2. The van der Waals surface area contributed by atoms with Crippen molar-refractivity contribution >= 4 is 5.97 Å². The number of fused-ring (bicyclic) bond motifs is 2. The fourth-order valence-electron chi connectivity index (χ4n) is 2.50. The number of likely N-dealkylation sites (tertiary alicyclic amines) is 1. The van der Waals surface area contributed by atoms with Crippen molar-refractivity contribution in [1.82, 2.24) is 10.2 Å². The van der Waals surface area contributed by atoms with Crippen LogP contribution in [-0.4, -0.2) is 53.9 Å². The summed E-state index contributed by atoms with van der Waals surface area (Å²) in [6.07, 6.45) is -0.657. The van der Waals surface area contributed by atoms with Crippen LogP contribution in [0.4, 0.5) is 13.2 Å². The Bertz CT molecular complexity index is 318. The van der Waals surface area contributed by atoms with Crippen LogP contribution in [0.1, 0.15) is 19.3 Å². The van der Waals surface area contributed by atoms with Gasteiger partial charge in [-0.25, -0.2) is 4.79 Å². The van der Waals surface area contributed by atoms with Gasteiger partial charge in [-0.05, 0) is 25.2 Å². The molecule has 104 valence electrons. The van der Waals surface area contributed by atoms with Crippen LogP contribution >= 0.6 is 0 Å². The molecule has 3 fully saturated rings. The molecule has 0 aromatic heterocycles. The molecule has 4 nitrogen and oxygen atoms in total. The normalized spacial score (nSPS) is 31.1. The number of nitrogens with zero attached hydrogens (tertiary/aromatic N) is 1. The van der Waals surface area contributed by atoms with E-state index in [-0.39, 0.29) is 0 Å². The number of rotatable bonds is 2. The lowest BCUT2D eigenvalue weighted by Gasteiger charge is -2.26. The molecule has 1 aliphatic carbocycles. The van der Waals surface area contributed by atoms with Crippen molar-refractivity contribution in [2.75, 3.05) is 19.6 Å². The van der Waals surface area contributed by atoms with Crippen LogP contribution in [0.3, 0.4) is 0 Å². The van der Waals surface area contributed by atoms with Crippen LogP contribution in [0.2, 0.25) is 0 Å². The third kappa shape index (κ3) is 3.58. The van der Waals surface area contributed by atoms with E-state index >= 15 is 0 Å². The zero-order chi connectivity index (χ0) is 13.3. The standard InChI is InChI=1S/C9H16N2.C2HF3O2/c1-2-7(1)5-11-6-8-3-9(11)4-10-8;3-2(4,5)1(6)7/h7-10H,1-6H2;(H,6,7)/t8-,9-;/m0./s1. The molecule has 0 spiro atoms. The maximum absolute atomic E-state index is 10.6. The first kappa shape index (κ1) is 13.6. The lowest BCUT2D eigenvalue weighted by Crippen LogP contribution is -2.44. The predicted octanol–water partition coefficient (Wildman–Crippen LogP) is 1.08. The zero-order valence-electron chi connectivity index (χ0n) is 9.91. The van der Waals surface area contributed by atoms with Crippen molar-refractivity contribution in [2.24, 2.45) is 5.92 Å². The van der Waals surface area contributed by atoms with Crippen LogP contribution in [0, 0.1) is 5.92 Å². The molecule has 0 aromatic rings. The Morgan fingerprint density at radius 1 is 1.39 bits per heavy atom. The van der Waals surface area contributed by atoms with Gasteiger partial charge in [0.05, 0.1) is 0 Å². The second kappa shape index (κ2) is 5.05. The number of carbonyl (C=O) groups is 1. The highest BCUT2D eigenvalue weighted by atomic mass is 19.4. The number of hydrogen-bond donors (Lipinski definition) is 2. The average Bonchev–Trinajstić information content (AvgIpc) is 2.84. The molecule has 1 saturated carbocycles. The SMILES string of the molecule is C1CC1CN1C[C@@H]2C[C@H]1CN2.O=C(O)C(F)(F)F. The van der Waals surface area contributed by atoms with Gasteiger partial charge in [0, 0.05) is 31.7 Å². The number of aliphatic carboxylic acids is 1. The minimum atomic E-state index is -5.08.